The molecule has 1 aromatic carbocycles. The van der Waals surface area contributed by atoms with E-state index in [1.54, 1.807) is 0 Å². The molecule has 1 aliphatic heterocycles. The number of aryl methyl sites for hydroxylation is 2. The molecular formula is C19H31NO3. The first-order valence-corrected chi connectivity index (χ1v) is 8.75. The van der Waals surface area contributed by atoms with E-state index in [0.29, 0.717) is 19.2 Å². The van der Waals surface area contributed by atoms with Gasteiger partial charge in [0.1, 0.15) is 18.5 Å². The number of rotatable bonds is 7. The minimum absolute atomic E-state index is 0.218. The predicted octanol–water partition coefficient (Wildman–Crippen LogP) is 2.59. The fraction of sp³-hybridized carbons (Fsp3) is 0.684. The van der Waals surface area contributed by atoms with Crippen LogP contribution >= 0.6 is 0 Å². The quantitative estimate of drug-likeness (QED) is 0.810. The van der Waals surface area contributed by atoms with Gasteiger partial charge in [-0.25, -0.2) is 0 Å². The van der Waals surface area contributed by atoms with Crippen molar-refractivity contribution >= 4 is 0 Å². The molecule has 4 nitrogen and oxygen atoms in total. The summed E-state index contributed by atoms with van der Waals surface area (Å²) < 4.78 is 5.92. The molecule has 1 fully saturated rings. The van der Waals surface area contributed by atoms with Gasteiger partial charge in [-0.3, -0.25) is 4.90 Å². The Labute approximate surface area is 140 Å². The number of hydrogen-bond acceptors (Lipinski definition) is 4. The molecule has 2 N–H and O–H groups in total. The second kappa shape index (κ2) is 8.67. The molecule has 0 aromatic heterocycles. The van der Waals surface area contributed by atoms with Gasteiger partial charge in [0.05, 0.1) is 0 Å². The number of piperidine rings is 1. The lowest BCUT2D eigenvalue weighted by Crippen LogP contribution is -2.45. The maximum atomic E-state index is 10.4. The van der Waals surface area contributed by atoms with Crippen molar-refractivity contribution < 1.29 is 14.9 Å². The minimum atomic E-state index is -0.506. The molecule has 0 aliphatic carbocycles. The van der Waals surface area contributed by atoms with Crippen molar-refractivity contribution in [1.82, 2.24) is 4.90 Å². The summed E-state index contributed by atoms with van der Waals surface area (Å²) in [6.45, 7) is 8.33. The second-order valence-electron chi connectivity index (χ2n) is 6.78. The van der Waals surface area contributed by atoms with Crippen LogP contribution in [0.1, 0.15) is 42.4 Å². The molecule has 1 heterocycles. The maximum Gasteiger partial charge on any atom is 0.125 e. The van der Waals surface area contributed by atoms with Crippen LogP contribution in [0.2, 0.25) is 0 Å². The van der Waals surface area contributed by atoms with E-state index in [1.165, 1.54) is 18.4 Å². The first kappa shape index (κ1) is 18.2. The smallest absolute Gasteiger partial charge is 0.125 e. The number of hydrogen-bond donors (Lipinski definition) is 2. The fourth-order valence-electron chi connectivity index (χ4n) is 3.43. The van der Waals surface area contributed by atoms with Crippen LogP contribution in [0, 0.1) is 20.8 Å². The van der Waals surface area contributed by atoms with Crippen molar-refractivity contribution in [1.29, 1.82) is 0 Å². The molecule has 1 aliphatic rings. The highest BCUT2D eigenvalue weighted by molar-refractivity contribution is 5.44. The van der Waals surface area contributed by atoms with E-state index in [2.05, 4.69) is 30.9 Å². The zero-order chi connectivity index (χ0) is 16.8. The standard InChI is InChI=1S/C19H31NO3/c1-14-7-8-15(2)19(16(14)3)23-13-18(22)12-20-10-5-4-6-17(20)9-11-21/h7-8,17-18,21-22H,4-6,9-13H2,1-3H3. The third-order valence-electron chi connectivity index (χ3n) is 4.95. The molecule has 0 saturated carbocycles. The van der Waals surface area contributed by atoms with Gasteiger partial charge in [-0.2, -0.15) is 0 Å². The monoisotopic (exact) mass is 321 g/mol. The lowest BCUT2D eigenvalue weighted by atomic mass is 9.99. The average molecular weight is 321 g/mol. The number of aliphatic hydroxyl groups is 2. The van der Waals surface area contributed by atoms with Gasteiger partial charge in [-0.15, -0.1) is 0 Å². The van der Waals surface area contributed by atoms with Crippen molar-refractivity contribution in [3.63, 3.8) is 0 Å². The Morgan fingerprint density at radius 2 is 1.96 bits per heavy atom. The molecule has 2 atom stereocenters. The Morgan fingerprint density at radius 3 is 2.70 bits per heavy atom. The molecular weight excluding hydrogens is 290 g/mol. The van der Waals surface area contributed by atoms with Gasteiger partial charge in [0.15, 0.2) is 0 Å². The van der Waals surface area contributed by atoms with E-state index in [0.717, 1.165) is 36.3 Å². The molecule has 0 radical (unpaired) electrons. The molecule has 1 saturated heterocycles. The summed E-state index contributed by atoms with van der Waals surface area (Å²) in [6, 6.07) is 4.55. The Bertz CT molecular complexity index is 502. The lowest BCUT2D eigenvalue weighted by molar-refractivity contribution is 0.0329. The van der Waals surface area contributed by atoms with Crippen molar-refractivity contribution in [2.45, 2.75) is 58.6 Å². The van der Waals surface area contributed by atoms with E-state index in [4.69, 9.17) is 4.74 Å². The van der Waals surface area contributed by atoms with Crippen LogP contribution in [0.25, 0.3) is 0 Å². The first-order valence-electron chi connectivity index (χ1n) is 8.75. The molecule has 23 heavy (non-hydrogen) atoms. The average Bonchev–Trinajstić information content (AvgIpc) is 2.53. The van der Waals surface area contributed by atoms with Crippen LogP contribution in [0.3, 0.4) is 0 Å². The number of aliphatic hydroxyl groups excluding tert-OH is 2. The van der Waals surface area contributed by atoms with Crippen molar-refractivity contribution in [2.75, 3.05) is 26.3 Å². The van der Waals surface area contributed by atoms with Crippen molar-refractivity contribution in [3.8, 4) is 5.75 Å². The highest BCUT2D eigenvalue weighted by Gasteiger charge is 2.24. The molecule has 0 amide bonds. The summed E-state index contributed by atoms with van der Waals surface area (Å²) >= 11 is 0. The van der Waals surface area contributed by atoms with Crippen LogP contribution in [-0.2, 0) is 0 Å². The van der Waals surface area contributed by atoms with Gasteiger partial charge < -0.3 is 14.9 Å². The van der Waals surface area contributed by atoms with E-state index in [1.807, 2.05) is 6.92 Å². The topological polar surface area (TPSA) is 52.9 Å². The van der Waals surface area contributed by atoms with Gasteiger partial charge in [0.25, 0.3) is 0 Å². The number of benzene rings is 1. The molecule has 1 aromatic rings. The number of likely N-dealkylation sites (tertiary alicyclic amines) is 1. The highest BCUT2D eigenvalue weighted by Crippen LogP contribution is 2.26. The fourth-order valence-corrected chi connectivity index (χ4v) is 3.43. The number of ether oxygens (including phenoxy) is 1. The van der Waals surface area contributed by atoms with Crippen LogP contribution in [0.4, 0.5) is 0 Å². The van der Waals surface area contributed by atoms with Crippen molar-refractivity contribution in [3.05, 3.63) is 28.8 Å². The van der Waals surface area contributed by atoms with Crippen LogP contribution < -0.4 is 4.74 Å². The van der Waals surface area contributed by atoms with E-state index in [-0.39, 0.29) is 6.61 Å². The lowest BCUT2D eigenvalue weighted by Gasteiger charge is -2.36. The maximum absolute atomic E-state index is 10.4. The van der Waals surface area contributed by atoms with Crippen molar-refractivity contribution in [2.24, 2.45) is 0 Å². The normalized spacial score (nSPS) is 20.5. The number of β-amino-alcohol motifs (C(OH)–C–C–N with tert-alkyl or cyclic N) is 1. The molecule has 2 unspecified atom stereocenters. The Balaban J connectivity index is 1.89. The van der Waals surface area contributed by atoms with E-state index >= 15 is 0 Å². The minimum Gasteiger partial charge on any atom is -0.490 e. The number of nitrogens with zero attached hydrogens (tertiary/aromatic N) is 1. The summed E-state index contributed by atoms with van der Waals surface area (Å²) in [6.07, 6.45) is 3.79. The summed E-state index contributed by atoms with van der Waals surface area (Å²) in [5, 5.41) is 19.6. The van der Waals surface area contributed by atoms with E-state index < -0.39 is 6.10 Å². The van der Waals surface area contributed by atoms with Crippen LogP contribution in [0.5, 0.6) is 5.75 Å². The van der Waals surface area contributed by atoms with Gasteiger partial charge >= 0.3 is 0 Å². The summed E-state index contributed by atoms with van der Waals surface area (Å²) in [5.41, 5.74) is 3.46. The van der Waals surface area contributed by atoms with Gasteiger partial charge in [-0.05, 0) is 63.3 Å². The summed E-state index contributed by atoms with van der Waals surface area (Å²) in [4.78, 5) is 2.31. The Hall–Kier alpha value is -1.10. The first-order chi connectivity index (χ1) is 11.0. The van der Waals surface area contributed by atoms with Gasteiger partial charge in [-0.1, -0.05) is 18.6 Å². The molecule has 2 rings (SSSR count). The second-order valence-corrected chi connectivity index (χ2v) is 6.78. The third-order valence-corrected chi connectivity index (χ3v) is 4.95. The Kier molecular flexibility index (Phi) is 6.88. The third kappa shape index (κ3) is 4.93. The molecule has 0 bridgehead atoms. The highest BCUT2D eigenvalue weighted by atomic mass is 16.5. The van der Waals surface area contributed by atoms with Gasteiger partial charge in [0.2, 0.25) is 0 Å². The predicted molar refractivity (Wildman–Crippen MR) is 93.1 cm³/mol. The largest absolute Gasteiger partial charge is 0.490 e. The molecule has 4 heteroatoms. The summed E-state index contributed by atoms with van der Waals surface area (Å²) in [7, 11) is 0. The zero-order valence-corrected chi connectivity index (χ0v) is 14.7. The molecule has 130 valence electrons. The SMILES string of the molecule is Cc1ccc(C)c(OCC(O)CN2CCCCC2CCO)c1C. The van der Waals surface area contributed by atoms with E-state index in [9.17, 15) is 10.2 Å². The Morgan fingerprint density at radius 1 is 1.22 bits per heavy atom. The zero-order valence-electron chi connectivity index (χ0n) is 14.7. The summed E-state index contributed by atoms with van der Waals surface area (Å²) in [5.74, 6) is 0.898. The van der Waals surface area contributed by atoms with Gasteiger partial charge in [0, 0.05) is 19.2 Å². The van der Waals surface area contributed by atoms with Crippen LogP contribution in [0.15, 0.2) is 12.1 Å². The van der Waals surface area contributed by atoms with Crippen LogP contribution in [-0.4, -0.2) is 53.6 Å². The molecule has 0 spiro atoms.